The van der Waals surface area contributed by atoms with Crippen LogP contribution in [0.5, 0.6) is 5.75 Å². The minimum absolute atomic E-state index is 0.789. The normalized spacial score (nSPS) is 10.8. The second-order valence-corrected chi connectivity index (χ2v) is 4.11. The molecule has 0 aliphatic rings. The maximum Gasteiger partial charge on any atom is 0.145 e. The third kappa shape index (κ3) is 1.62. The fourth-order valence-corrected chi connectivity index (χ4v) is 2.11. The van der Waals surface area contributed by atoms with Crippen molar-refractivity contribution in [2.24, 2.45) is 0 Å². The summed E-state index contributed by atoms with van der Waals surface area (Å²) in [6.45, 7) is 1.98. The van der Waals surface area contributed by atoms with Crippen molar-refractivity contribution in [2.45, 2.75) is 6.92 Å². The molecule has 0 fully saturated rings. The molecule has 18 heavy (non-hydrogen) atoms. The zero-order valence-electron chi connectivity index (χ0n) is 10.3. The Kier molecular flexibility index (Phi) is 2.48. The van der Waals surface area contributed by atoms with E-state index in [-0.39, 0.29) is 0 Å². The molecule has 0 radical (unpaired) electrons. The second-order valence-electron chi connectivity index (χ2n) is 4.11. The number of benzene rings is 1. The Labute approximate surface area is 105 Å². The van der Waals surface area contributed by atoms with Gasteiger partial charge >= 0.3 is 0 Å². The predicted molar refractivity (Wildman–Crippen MR) is 70.2 cm³/mol. The molecule has 0 atom stereocenters. The van der Waals surface area contributed by atoms with Crippen LogP contribution in [-0.2, 0) is 0 Å². The summed E-state index contributed by atoms with van der Waals surface area (Å²) in [4.78, 5) is 8.65. The summed E-state index contributed by atoms with van der Waals surface area (Å²) in [6.07, 6.45) is 5.48. The molecule has 3 aromatic rings. The second kappa shape index (κ2) is 4.14. The summed E-state index contributed by atoms with van der Waals surface area (Å²) in [5.41, 5.74) is 2.90. The molecule has 0 N–H and O–H groups in total. The summed E-state index contributed by atoms with van der Waals surface area (Å²) >= 11 is 0. The first kappa shape index (κ1) is 10.8. The lowest BCUT2D eigenvalue weighted by molar-refractivity contribution is 0.419. The lowest BCUT2D eigenvalue weighted by atomic mass is 10.1. The lowest BCUT2D eigenvalue weighted by Gasteiger charge is -2.10. The van der Waals surface area contributed by atoms with Gasteiger partial charge in [0.05, 0.1) is 19.1 Å². The van der Waals surface area contributed by atoms with Gasteiger partial charge in [0, 0.05) is 23.5 Å². The van der Waals surface area contributed by atoms with E-state index in [1.807, 2.05) is 42.0 Å². The van der Waals surface area contributed by atoms with Crippen molar-refractivity contribution in [1.82, 2.24) is 14.5 Å². The van der Waals surface area contributed by atoms with Crippen LogP contribution in [-0.4, -0.2) is 21.6 Å². The number of methoxy groups -OCH3 is 1. The molecule has 4 heteroatoms. The fraction of sp³-hybridized carbons (Fsp3) is 0.143. The van der Waals surface area contributed by atoms with Gasteiger partial charge in [-0.2, -0.15) is 0 Å². The fourth-order valence-electron chi connectivity index (χ4n) is 2.11. The number of fused-ring (bicyclic) bond motifs is 1. The molecule has 2 aromatic heterocycles. The largest absolute Gasteiger partial charge is 0.494 e. The van der Waals surface area contributed by atoms with E-state index in [1.54, 1.807) is 19.6 Å². The van der Waals surface area contributed by atoms with Crippen molar-refractivity contribution in [3.63, 3.8) is 0 Å². The molecule has 2 heterocycles. The molecule has 0 saturated heterocycles. The molecule has 3 rings (SSSR count). The molecular weight excluding hydrogens is 226 g/mol. The van der Waals surface area contributed by atoms with Gasteiger partial charge in [0.15, 0.2) is 0 Å². The molecule has 90 valence electrons. The van der Waals surface area contributed by atoms with E-state index in [9.17, 15) is 0 Å². The molecule has 0 saturated carbocycles. The molecule has 0 aliphatic carbocycles. The van der Waals surface area contributed by atoms with Crippen molar-refractivity contribution < 1.29 is 4.74 Å². The van der Waals surface area contributed by atoms with Gasteiger partial charge in [-0.15, -0.1) is 0 Å². The number of para-hydroxylation sites is 1. The number of hydrogen-bond donors (Lipinski definition) is 0. The minimum atomic E-state index is 0.789. The first-order chi connectivity index (χ1) is 8.79. The van der Waals surface area contributed by atoms with E-state index in [2.05, 4.69) is 9.97 Å². The van der Waals surface area contributed by atoms with Crippen LogP contribution in [0.25, 0.3) is 16.6 Å². The number of aryl methyl sites for hydroxylation is 1. The number of ether oxygens (including phenoxy) is 1. The van der Waals surface area contributed by atoms with Crippen molar-refractivity contribution in [1.29, 1.82) is 0 Å². The minimum Gasteiger partial charge on any atom is -0.494 e. The smallest absolute Gasteiger partial charge is 0.145 e. The van der Waals surface area contributed by atoms with Gasteiger partial charge in [-0.25, -0.2) is 9.97 Å². The number of imidazole rings is 1. The zero-order chi connectivity index (χ0) is 12.5. The Morgan fingerprint density at radius 1 is 1.28 bits per heavy atom. The molecule has 0 spiro atoms. The number of pyridine rings is 1. The summed E-state index contributed by atoms with van der Waals surface area (Å²) < 4.78 is 7.35. The molecular formula is C14H13N3O. The number of hydrogen-bond acceptors (Lipinski definition) is 3. The highest BCUT2D eigenvalue weighted by Crippen LogP contribution is 2.28. The van der Waals surface area contributed by atoms with Gasteiger partial charge in [0.1, 0.15) is 11.3 Å². The Morgan fingerprint density at radius 2 is 2.17 bits per heavy atom. The summed E-state index contributed by atoms with van der Waals surface area (Å²) in [5, 5.41) is 1.05. The number of aromatic nitrogens is 3. The van der Waals surface area contributed by atoms with Crippen LogP contribution in [0.3, 0.4) is 0 Å². The van der Waals surface area contributed by atoms with Crippen molar-refractivity contribution in [3.8, 4) is 11.4 Å². The average Bonchev–Trinajstić information content (AvgIpc) is 2.90. The Balaban J connectivity index is 2.39. The molecule has 1 aromatic carbocycles. The number of rotatable bonds is 2. The van der Waals surface area contributed by atoms with Crippen LogP contribution < -0.4 is 4.74 Å². The van der Waals surface area contributed by atoms with Crippen LogP contribution in [0, 0.1) is 6.92 Å². The van der Waals surface area contributed by atoms with E-state index in [0.717, 1.165) is 28.0 Å². The van der Waals surface area contributed by atoms with Crippen molar-refractivity contribution >= 4 is 10.9 Å². The Hall–Kier alpha value is -2.36. The van der Waals surface area contributed by atoms with Crippen molar-refractivity contribution in [3.05, 3.63) is 48.7 Å². The Morgan fingerprint density at radius 3 is 2.89 bits per heavy atom. The first-order valence-electron chi connectivity index (χ1n) is 5.72. The third-order valence-corrected chi connectivity index (χ3v) is 2.91. The highest BCUT2D eigenvalue weighted by atomic mass is 16.5. The molecule has 4 nitrogen and oxygen atoms in total. The highest BCUT2D eigenvalue weighted by molar-refractivity contribution is 5.91. The van der Waals surface area contributed by atoms with Crippen LogP contribution in [0.2, 0.25) is 0 Å². The van der Waals surface area contributed by atoms with Gasteiger partial charge < -0.3 is 9.30 Å². The van der Waals surface area contributed by atoms with E-state index in [1.165, 1.54) is 0 Å². The zero-order valence-corrected chi connectivity index (χ0v) is 10.3. The van der Waals surface area contributed by atoms with Gasteiger partial charge in [-0.3, -0.25) is 0 Å². The number of nitrogens with zero attached hydrogens (tertiary/aromatic N) is 3. The maximum atomic E-state index is 5.37. The van der Waals surface area contributed by atoms with Crippen LogP contribution in [0.1, 0.15) is 5.69 Å². The van der Waals surface area contributed by atoms with Gasteiger partial charge in [0.25, 0.3) is 0 Å². The summed E-state index contributed by atoms with van der Waals surface area (Å²) in [5.74, 6) is 0.789. The average molecular weight is 239 g/mol. The van der Waals surface area contributed by atoms with E-state index in [0.29, 0.717) is 0 Å². The monoisotopic (exact) mass is 239 g/mol. The molecule has 0 amide bonds. The Bertz CT molecular complexity index is 690. The van der Waals surface area contributed by atoms with Crippen LogP contribution >= 0.6 is 0 Å². The lowest BCUT2D eigenvalue weighted by Crippen LogP contribution is -1.97. The van der Waals surface area contributed by atoms with E-state index < -0.39 is 0 Å². The summed E-state index contributed by atoms with van der Waals surface area (Å²) in [7, 11) is 1.66. The SMILES string of the molecule is COc1cccc2c(-n3ccnc3)cc(C)nc12. The molecule has 0 aliphatic heterocycles. The summed E-state index contributed by atoms with van der Waals surface area (Å²) in [6, 6.07) is 7.98. The predicted octanol–water partition coefficient (Wildman–Crippen LogP) is 2.74. The van der Waals surface area contributed by atoms with E-state index >= 15 is 0 Å². The molecule has 0 bridgehead atoms. The van der Waals surface area contributed by atoms with Crippen molar-refractivity contribution in [2.75, 3.05) is 7.11 Å². The van der Waals surface area contributed by atoms with Crippen LogP contribution in [0.15, 0.2) is 43.0 Å². The van der Waals surface area contributed by atoms with Gasteiger partial charge in [-0.05, 0) is 19.1 Å². The van der Waals surface area contributed by atoms with Crippen LogP contribution in [0.4, 0.5) is 0 Å². The maximum absolute atomic E-state index is 5.37. The van der Waals surface area contributed by atoms with Gasteiger partial charge in [-0.1, -0.05) is 12.1 Å². The first-order valence-corrected chi connectivity index (χ1v) is 5.72. The quantitative estimate of drug-likeness (QED) is 0.690. The topological polar surface area (TPSA) is 39.9 Å². The van der Waals surface area contributed by atoms with Gasteiger partial charge in [0.2, 0.25) is 0 Å². The van der Waals surface area contributed by atoms with E-state index in [4.69, 9.17) is 4.74 Å². The third-order valence-electron chi connectivity index (χ3n) is 2.91. The molecule has 0 unspecified atom stereocenters. The highest BCUT2D eigenvalue weighted by Gasteiger charge is 2.09. The standard InChI is InChI=1S/C14H13N3O/c1-10-8-12(17-7-6-15-9-17)11-4-3-5-13(18-2)14(11)16-10/h3-9H,1-2H3.